The maximum atomic E-state index is 12.2. The highest BCUT2D eigenvalue weighted by atomic mass is 19.4. The van der Waals surface area contributed by atoms with Crippen LogP contribution < -0.4 is 10.6 Å². The second kappa shape index (κ2) is 7.45. The van der Waals surface area contributed by atoms with Gasteiger partial charge in [-0.2, -0.15) is 13.2 Å². The number of anilines is 1. The number of carbonyl (C=O) groups excluding carboxylic acids is 1. The van der Waals surface area contributed by atoms with Gasteiger partial charge in [0.05, 0.1) is 0 Å². The number of hydrogen-bond acceptors (Lipinski definition) is 2. The average Bonchev–Trinajstić information content (AvgIpc) is 2.43. The Hall–Kier alpha value is -1.56. The first-order valence-electron chi connectivity index (χ1n) is 6.94. The third-order valence-electron chi connectivity index (χ3n) is 3.57. The minimum absolute atomic E-state index is 0.146. The summed E-state index contributed by atoms with van der Waals surface area (Å²) in [7, 11) is 0. The summed E-state index contributed by atoms with van der Waals surface area (Å²) in [6, 6.07) is 6.71. The van der Waals surface area contributed by atoms with Crippen molar-refractivity contribution in [3.63, 3.8) is 0 Å². The van der Waals surface area contributed by atoms with Gasteiger partial charge in [-0.05, 0) is 30.5 Å². The summed E-state index contributed by atoms with van der Waals surface area (Å²) in [5, 5.41) is 5.18. The molecule has 1 aromatic carbocycles. The second-order valence-corrected chi connectivity index (χ2v) is 5.21. The molecular weight excluding hydrogens is 281 g/mol. The summed E-state index contributed by atoms with van der Waals surface area (Å²) in [6.45, 7) is 6.86. The quantitative estimate of drug-likeness (QED) is 0.841. The van der Waals surface area contributed by atoms with Gasteiger partial charge in [0.1, 0.15) is 0 Å². The van der Waals surface area contributed by atoms with Crippen molar-refractivity contribution in [2.75, 3.05) is 5.32 Å². The third kappa shape index (κ3) is 5.75. The molecule has 1 rings (SSSR count). The molecule has 1 aromatic rings. The zero-order chi connectivity index (χ0) is 16.0. The molecule has 2 atom stereocenters. The molecule has 0 spiro atoms. The van der Waals surface area contributed by atoms with Gasteiger partial charge in [-0.25, -0.2) is 0 Å². The third-order valence-corrected chi connectivity index (χ3v) is 3.57. The van der Waals surface area contributed by atoms with Crippen LogP contribution in [0.15, 0.2) is 24.3 Å². The van der Waals surface area contributed by atoms with Gasteiger partial charge in [0.2, 0.25) is 0 Å². The van der Waals surface area contributed by atoms with Crippen molar-refractivity contribution >= 4 is 11.6 Å². The van der Waals surface area contributed by atoms with Crippen LogP contribution in [0.3, 0.4) is 0 Å². The first kappa shape index (κ1) is 17.5. The molecule has 0 radical (unpaired) electrons. The standard InChI is InChI=1S/C15H21F3N2O/c1-4-10(2)11(3)19-9-12-6-5-7-13(8-12)20-14(21)15(16,17)18/h5-8,10-11,19H,4,9H2,1-3H3,(H,20,21). The molecule has 118 valence electrons. The zero-order valence-electron chi connectivity index (χ0n) is 12.4. The van der Waals surface area contributed by atoms with Gasteiger partial charge < -0.3 is 10.6 Å². The molecule has 0 aliphatic carbocycles. The lowest BCUT2D eigenvalue weighted by Crippen LogP contribution is -2.31. The molecule has 0 saturated carbocycles. The molecule has 0 saturated heterocycles. The number of alkyl halides is 3. The van der Waals surface area contributed by atoms with E-state index in [9.17, 15) is 18.0 Å². The lowest BCUT2D eigenvalue weighted by atomic mass is 10.0. The molecule has 0 aromatic heterocycles. The fraction of sp³-hybridized carbons (Fsp3) is 0.533. The Kier molecular flexibility index (Phi) is 6.20. The van der Waals surface area contributed by atoms with Gasteiger partial charge in [0, 0.05) is 18.3 Å². The average molecular weight is 302 g/mol. The maximum Gasteiger partial charge on any atom is 0.471 e. The van der Waals surface area contributed by atoms with Crippen molar-refractivity contribution in [1.82, 2.24) is 5.32 Å². The van der Waals surface area contributed by atoms with Crippen LogP contribution in [0.4, 0.5) is 18.9 Å². The van der Waals surface area contributed by atoms with Crippen LogP contribution in [-0.4, -0.2) is 18.1 Å². The van der Waals surface area contributed by atoms with E-state index >= 15 is 0 Å². The monoisotopic (exact) mass is 302 g/mol. The van der Waals surface area contributed by atoms with E-state index in [1.165, 1.54) is 6.07 Å². The molecule has 2 unspecified atom stereocenters. The minimum atomic E-state index is -4.88. The van der Waals surface area contributed by atoms with E-state index in [0.29, 0.717) is 18.5 Å². The first-order valence-corrected chi connectivity index (χ1v) is 6.94. The second-order valence-electron chi connectivity index (χ2n) is 5.21. The smallest absolute Gasteiger partial charge is 0.318 e. The molecule has 3 nitrogen and oxygen atoms in total. The van der Waals surface area contributed by atoms with Gasteiger partial charge in [-0.15, -0.1) is 0 Å². The number of rotatable bonds is 6. The van der Waals surface area contributed by atoms with Crippen LogP contribution in [0.25, 0.3) is 0 Å². The summed E-state index contributed by atoms with van der Waals surface area (Å²) < 4.78 is 36.6. The summed E-state index contributed by atoms with van der Waals surface area (Å²) in [5.41, 5.74) is 0.970. The van der Waals surface area contributed by atoms with Crippen molar-refractivity contribution in [3.05, 3.63) is 29.8 Å². The highest BCUT2D eigenvalue weighted by Crippen LogP contribution is 2.19. The molecule has 6 heteroatoms. The summed E-state index contributed by atoms with van der Waals surface area (Å²) in [6.07, 6.45) is -3.82. The van der Waals surface area contributed by atoms with Gasteiger partial charge in [-0.1, -0.05) is 32.4 Å². The lowest BCUT2D eigenvalue weighted by molar-refractivity contribution is -0.167. The molecular formula is C15H21F3N2O. The van der Waals surface area contributed by atoms with Crippen LogP contribution in [0.5, 0.6) is 0 Å². The van der Waals surface area contributed by atoms with Crippen molar-refractivity contribution in [3.8, 4) is 0 Å². The molecule has 0 aliphatic rings. The van der Waals surface area contributed by atoms with Gasteiger partial charge in [0.15, 0.2) is 0 Å². The Morgan fingerprint density at radius 1 is 1.29 bits per heavy atom. The van der Waals surface area contributed by atoms with E-state index < -0.39 is 12.1 Å². The number of nitrogens with one attached hydrogen (secondary N) is 2. The minimum Gasteiger partial charge on any atom is -0.318 e. The summed E-state index contributed by atoms with van der Waals surface area (Å²) in [5.74, 6) is -1.45. The summed E-state index contributed by atoms with van der Waals surface area (Å²) in [4.78, 5) is 10.9. The van der Waals surface area contributed by atoms with Crippen molar-refractivity contribution in [2.24, 2.45) is 5.92 Å². The molecule has 0 fully saturated rings. The van der Waals surface area contributed by atoms with Crippen LogP contribution >= 0.6 is 0 Å². The molecule has 0 aliphatic heterocycles. The van der Waals surface area contributed by atoms with Crippen LogP contribution in [-0.2, 0) is 11.3 Å². The van der Waals surface area contributed by atoms with E-state index in [-0.39, 0.29) is 5.69 Å². The number of amides is 1. The predicted molar refractivity (Wildman–Crippen MR) is 76.9 cm³/mol. The van der Waals surface area contributed by atoms with Gasteiger partial charge >= 0.3 is 12.1 Å². The van der Waals surface area contributed by atoms with Gasteiger partial charge in [-0.3, -0.25) is 4.79 Å². The van der Waals surface area contributed by atoms with E-state index in [1.807, 2.05) is 5.32 Å². The molecule has 0 heterocycles. The molecule has 0 bridgehead atoms. The van der Waals surface area contributed by atoms with Crippen LogP contribution in [0.1, 0.15) is 32.8 Å². The Morgan fingerprint density at radius 3 is 2.52 bits per heavy atom. The number of halogens is 3. The van der Waals surface area contributed by atoms with E-state index in [0.717, 1.165) is 12.0 Å². The van der Waals surface area contributed by atoms with Crippen LogP contribution in [0, 0.1) is 5.92 Å². The maximum absolute atomic E-state index is 12.2. The largest absolute Gasteiger partial charge is 0.471 e. The molecule has 1 amide bonds. The highest BCUT2D eigenvalue weighted by Gasteiger charge is 2.38. The Bertz CT molecular complexity index is 474. The zero-order valence-corrected chi connectivity index (χ0v) is 12.4. The van der Waals surface area contributed by atoms with E-state index in [2.05, 4.69) is 26.1 Å². The fourth-order valence-corrected chi connectivity index (χ4v) is 1.79. The summed E-state index contributed by atoms with van der Waals surface area (Å²) >= 11 is 0. The topological polar surface area (TPSA) is 41.1 Å². The lowest BCUT2D eigenvalue weighted by Gasteiger charge is -2.20. The fourth-order valence-electron chi connectivity index (χ4n) is 1.79. The van der Waals surface area contributed by atoms with Crippen molar-refractivity contribution in [2.45, 2.75) is 46.0 Å². The van der Waals surface area contributed by atoms with E-state index in [1.54, 1.807) is 18.2 Å². The predicted octanol–water partition coefficient (Wildman–Crippen LogP) is 3.71. The number of hydrogen-bond donors (Lipinski definition) is 2. The molecule has 2 N–H and O–H groups in total. The Labute approximate surface area is 122 Å². The number of carbonyl (C=O) groups is 1. The number of benzene rings is 1. The first-order chi connectivity index (χ1) is 9.74. The van der Waals surface area contributed by atoms with Gasteiger partial charge in [0.25, 0.3) is 0 Å². The SMILES string of the molecule is CCC(C)C(C)NCc1cccc(NC(=O)C(F)(F)F)c1. The molecule has 21 heavy (non-hydrogen) atoms. The van der Waals surface area contributed by atoms with Crippen molar-refractivity contribution in [1.29, 1.82) is 0 Å². The normalized spacial score (nSPS) is 14.6. The highest BCUT2D eigenvalue weighted by molar-refractivity contribution is 5.94. The van der Waals surface area contributed by atoms with Crippen LogP contribution in [0.2, 0.25) is 0 Å². The Balaban J connectivity index is 2.63. The van der Waals surface area contributed by atoms with Crippen molar-refractivity contribution < 1.29 is 18.0 Å². The Morgan fingerprint density at radius 2 is 1.95 bits per heavy atom. The van der Waals surface area contributed by atoms with E-state index in [4.69, 9.17) is 0 Å².